The van der Waals surface area contributed by atoms with E-state index in [1.54, 1.807) is 6.20 Å². The van der Waals surface area contributed by atoms with Gasteiger partial charge in [-0.15, -0.1) is 0 Å². The van der Waals surface area contributed by atoms with E-state index in [-0.39, 0.29) is 24.3 Å². The summed E-state index contributed by atoms with van der Waals surface area (Å²) in [6, 6.07) is 3.74. The van der Waals surface area contributed by atoms with Gasteiger partial charge in [0.1, 0.15) is 23.9 Å². The predicted octanol–water partition coefficient (Wildman–Crippen LogP) is 3.30. The SMILES string of the molecule is CN(CC(=O)NC(C)(C)C)c1nc(-c2ccc(OCCOC3CCCCO3)cn2)nc2c1CCC2. The quantitative estimate of drug-likeness (QED) is 0.543. The Morgan fingerprint density at radius 1 is 1.17 bits per heavy atom. The monoisotopic (exact) mass is 483 g/mol. The topological polar surface area (TPSA) is 98.7 Å². The van der Waals surface area contributed by atoms with Crippen LogP contribution in [-0.4, -0.2) is 66.1 Å². The Kier molecular flexibility index (Phi) is 8.18. The molecular formula is C26H37N5O4. The summed E-state index contributed by atoms with van der Waals surface area (Å²) < 4.78 is 17.0. The average Bonchev–Trinajstić information content (AvgIpc) is 3.30. The minimum absolute atomic E-state index is 0.0365. The van der Waals surface area contributed by atoms with Crippen LogP contribution in [0.4, 0.5) is 5.82 Å². The van der Waals surface area contributed by atoms with Crippen LogP contribution in [0.1, 0.15) is 57.7 Å². The molecule has 0 radical (unpaired) electrons. The van der Waals surface area contributed by atoms with Crippen LogP contribution in [0.25, 0.3) is 11.5 Å². The second kappa shape index (κ2) is 11.3. The second-order valence-corrected chi connectivity index (χ2v) is 10.2. The predicted molar refractivity (Wildman–Crippen MR) is 133 cm³/mol. The van der Waals surface area contributed by atoms with Crippen LogP contribution in [0.3, 0.4) is 0 Å². The lowest BCUT2D eigenvalue weighted by Gasteiger charge is -2.25. The van der Waals surface area contributed by atoms with Gasteiger partial charge in [0.15, 0.2) is 12.1 Å². The molecular weight excluding hydrogens is 446 g/mol. The van der Waals surface area contributed by atoms with Crippen LogP contribution in [0.2, 0.25) is 0 Å². The zero-order valence-electron chi connectivity index (χ0n) is 21.3. The van der Waals surface area contributed by atoms with Gasteiger partial charge >= 0.3 is 0 Å². The molecule has 0 aromatic carbocycles. The summed E-state index contributed by atoms with van der Waals surface area (Å²) in [5, 5.41) is 3.01. The molecule has 9 heteroatoms. The van der Waals surface area contributed by atoms with Gasteiger partial charge < -0.3 is 24.4 Å². The smallest absolute Gasteiger partial charge is 0.239 e. The van der Waals surface area contributed by atoms with Crippen molar-refractivity contribution in [2.45, 2.75) is 71.1 Å². The van der Waals surface area contributed by atoms with Crippen molar-refractivity contribution in [3.63, 3.8) is 0 Å². The number of rotatable bonds is 9. The van der Waals surface area contributed by atoms with Crippen molar-refractivity contribution in [1.29, 1.82) is 0 Å². The van der Waals surface area contributed by atoms with E-state index in [0.717, 1.165) is 62.2 Å². The molecule has 1 atom stereocenters. The standard InChI is InChI=1S/C26H37N5O4/c1-26(2,3)30-22(32)17-31(4)25-19-8-7-9-20(19)28-24(29-25)21-12-11-18(16-27-21)33-14-15-35-23-10-5-6-13-34-23/h11-12,16,23H,5-10,13-15,17H2,1-4H3,(H,30,32). The number of likely N-dealkylation sites (N-methyl/N-ethyl adjacent to an activating group) is 1. The first kappa shape index (κ1) is 25.3. The molecule has 0 bridgehead atoms. The van der Waals surface area contributed by atoms with E-state index in [1.165, 1.54) is 0 Å². The fraction of sp³-hybridized carbons (Fsp3) is 0.615. The average molecular weight is 484 g/mol. The zero-order valence-corrected chi connectivity index (χ0v) is 21.3. The molecule has 3 heterocycles. The molecule has 1 aliphatic carbocycles. The maximum absolute atomic E-state index is 12.5. The first-order valence-electron chi connectivity index (χ1n) is 12.5. The van der Waals surface area contributed by atoms with E-state index in [1.807, 2.05) is 44.9 Å². The third-order valence-corrected chi connectivity index (χ3v) is 5.93. The minimum atomic E-state index is -0.278. The van der Waals surface area contributed by atoms with Crippen molar-refractivity contribution < 1.29 is 19.0 Å². The number of hydrogen-bond donors (Lipinski definition) is 1. The molecule has 35 heavy (non-hydrogen) atoms. The molecule has 2 aromatic rings. The Morgan fingerprint density at radius 3 is 2.74 bits per heavy atom. The Hall–Kier alpha value is -2.78. The van der Waals surface area contributed by atoms with Gasteiger partial charge in [-0.05, 0) is 71.4 Å². The number of pyridine rings is 1. The Balaban J connectivity index is 1.39. The lowest BCUT2D eigenvalue weighted by molar-refractivity contribution is -0.165. The molecule has 0 spiro atoms. The number of carbonyl (C=O) groups excluding carboxylic acids is 1. The number of hydrogen-bond acceptors (Lipinski definition) is 8. The van der Waals surface area contributed by atoms with E-state index in [0.29, 0.717) is 30.5 Å². The highest BCUT2D eigenvalue weighted by atomic mass is 16.7. The molecule has 2 aliphatic rings. The summed E-state index contributed by atoms with van der Waals surface area (Å²) in [7, 11) is 1.90. The van der Waals surface area contributed by atoms with E-state index in [9.17, 15) is 4.79 Å². The molecule has 190 valence electrons. The molecule has 1 fully saturated rings. The highest BCUT2D eigenvalue weighted by Crippen LogP contribution is 2.30. The number of nitrogens with one attached hydrogen (secondary N) is 1. The highest BCUT2D eigenvalue weighted by Gasteiger charge is 2.24. The number of carbonyl (C=O) groups is 1. The fourth-order valence-electron chi connectivity index (χ4n) is 4.37. The van der Waals surface area contributed by atoms with Gasteiger partial charge in [0.2, 0.25) is 5.91 Å². The molecule has 4 rings (SSSR count). The molecule has 9 nitrogen and oxygen atoms in total. The maximum atomic E-state index is 12.5. The molecule has 1 unspecified atom stereocenters. The van der Waals surface area contributed by atoms with E-state index in [4.69, 9.17) is 24.2 Å². The van der Waals surface area contributed by atoms with Crippen molar-refractivity contribution in [3.05, 3.63) is 29.6 Å². The second-order valence-electron chi connectivity index (χ2n) is 10.2. The van der Waals surface area contributed by atoms with Crippen LogP contribution in [-0.2, 0) is 27.1 Å². The van der Waals surface area contributed by atoms with Gasteiger partial charge in [0.05, 0.1) is 19.3 Å². The highest BCUT2D eigenvalue weighted by molar-refractivity contribution is 5.82. The van der Waals surface area contributed by atoms with Gasteiger partial charge in [-0.1, -0.05) is 0 Å². The third kappa shape index (κ3) is 7.11. The first-order valence-corrected chi connectivity index (χ1v) is 12.5. The molecule has 1 N–H and O–H groups in total. The van der Waals surface area contributed by atoms with Crippen molar-refractivity contribution in [2.24, 2.45) is 0 Å². The van der Waals surface area contributed by atoms with Crippen molar-refractivity contribution in [3.8, 4) is 17.3 Å². The maximum Gasteiger partial charge on any atom is 0.239 e. The van der Waals surface area contributed by atoms with E-state index < -0.39 is 0 Å². The normalized spacial score (nSPS) is 17.7. The van der Waals surface area contributed by atoms with Crippen LogP contribution >= 0.6 is 0 Å². The largest absolute Gasteiger partial charge is 0.490 e. The minimum Gasteiger partial charge on any atom is -0.490 e. The number of nitrogens with zero attached hydrogens (tertiary/aromatic N) is 4. The zero-order chi connectivity index (χ0) is 24.8. The lowest BCUT2D eigenvalue weighted by atomic mass is 10.1. The van der Waals surface area contributed by atoms with E-state index >= 15 is 0 Å². The summed E-state index contributed by atoms with van der Waals surface area (Å²) in [5.74, 6) is 1.99. The van der Waals surface area contributed by atoms with Gasteiger partial charge in [0.25, 0.3) is 0 Å². The van der Waals surface area contributed by atoms with Crippen molar-refractivity contribution in [1.82, 2.24) is 20.3 Å². The summed E-state index contributed by atoms with van der Waals surface area (Å²) in [6.07, 6.45) is 7.62. The number of aromatic nitrogens is 3. The first-order chi connectivity index (χ1) is 16.8. The number of aryl methyl sites for hydroxylation is 1. The summed E-state index contributed by atoms with van der Waals surface area (Å²) in [4.78, 5) is 28.5. The number of ether oxygens (including phenoxy) is 3. The molecule has 2 aromatic heterocycles. The van der Waals surface area contributed by atoms with Crippen molar-refractivity contribution >= 4 is 11.7 Å². The number of fused-ring (bicyclic) bond motifs is 1. The summed E-state index contributed by atoms with van der Waals surface area (Å²) in [6.45, 7) is 7.83. The Labute approximate surface area is 207 Å². The third-order valence-electron chi connectivity index (χ3n) is 5.93. The van der Waals surface area contributed by atoms with Gasteiger partial charge in [-0.3, -0.25) is 4.79 Å². The van der Waals surface area contributed by atoms with Gasteiger partial charge in [0, 0.05) is 30.5 Å². The lowest BCUT2D eigenvalue weighted by Crippen LogP contribution is -2.45. The van der Waals surface area contributed by atoms with E-state index in [2.05, 4.69) is 10.3 Å². The van der Waals surface area contributed by atoms with Crippen molar-refractivity contribution in [2.75, 3.05) is 38.3 Å². The summed E-state index contributed by atoms with van der Waals surface area (Å²) >= 11 is 0. The van der Waals surface area contributed by atoms with Crippen LogP contribution < -0.4 is 15.0 Å². The van der Waals surface area contributed by atoms with Crippen LogP contribution in [0.15, 0.2) is 18.3 Å². The molecule has 1 saturated heterocycles. The van der Waals surface area contributed by atoms with Gasteiger partial charge in [-0.2, -0.15) is 0 Å². The Morgan fingerprint density at radius 2 is 2.03 bits per heavy atom. The van der Waals surface area contributed by atoms with Crippen LogP contribution in [0.5, 0.6) is 5.75 Å². The summed E-state index contributed by atoms with van der Waals surface area (Å²) in [5.41, 5.74) is 2.56. The molecule has 1 aliphatic heterocycles. The number of amides is 1. The Bertz CT molecular complexity index is 1000. The van der Waals surface area contributed by atoms with Gasteiger partial charge in [-0.25, -0.2) is 15.0 Å². The number of anilines is 1. The fourth-order valence-corrected chi connectivity index (χ4v) is 4.37. The molecule has 0 saturated carbocycles. The molecule has 1 amide bonds. The van der Waals surface area contributed by atoms with Crippen LogP contribution in [0, 0.1) is 0 Å².